The number of imidazole rings is 1. The lowest BCUT2D eigenvalue weighted by Crippen LogP contribution is -2.48. The van der Waals surface area contributed by atoms with Crippen molar-refractivity contribution in [1.29, 1.82) is 5.26 Å². The summed E-state index contributed by atoms with van der Waals surface area (Å²) in [7, 11) is 0. The van der Waals surface area contributed by atoms with Crippen molar-refractivity contribution in [3.63, 3.8) is 0 Å². The third-order valence-corrected chi connectivity index (χ3v) is 9.19. The van der Waals surface area contributed by atoms with Gasteiger partial charge in [-0.15, -0.1) is 11.3 Å². The van der Waals surface area contributed by atoms with Gasteiger partial charge in [-0.25, -0.2) is 4.98 Å². The molecule has 1 aliphatic rings. The molecule has 8 nitrogen and oxygen atoms in total. The normalized spacial score (nSPS) is 13.0. The molecule has 0 N–H and O–H groups in total. The Morgan fingerprint density at radius 1 is 0.933 bits per heavy atom. The molecule has 2 aromatic heterocycles. The number of halogens is 1. The highest BCUT2D eigenvalue weighted by Gasteiger charge is 2.24. The van der Waals surface area contributed by atoms with E-state index in [2.05, 4.69) is 16.0 Å². The third kappa shape index (κ3) is 6.93. The van der Waals surface area contributed by atoms with E-state index in [-0.39, 0.29) is 11.8 Å². The number of piperazine rings is 1. The predicted molar refractivity (Wildman–Crippen MR) is 178 cm³/mol. The van der Waals surface area contributed by atoms with Gasteiger partial charge in [-0.2, -0.15) is 5.26 Å². The molecule has 0 bridgehead atoms. The molecule has 1 saturated heterocycles. The van der Waals surface area contributed by atoms with Gasteiger partial charge in [0, 0.05) is 55.9 Å². The minimum Gasteiger partial charge on any atom is -0.368 e. The number of aromatic nitrogens is 2. The van der Waals surface area contributed by atoms with E-state index in [1.807, 2.05) is 77.1 Å². The Hall–Kier alpha value is -4.91. The second-order valence-electron chi connectivity index (χ2n) is 11.0. The van der Waals surface area contributed by atoms with Crippen molar-refractivity contribution < 1.29 is 9.59 Å². The molecule has 3 heterocycles. The van der Waals surface area contributed by atoms with Crippen molar-refractivity contribution in [2.75, 3.05) is 36.0 Å². The molecule has 5 aromatic rings. The third-order valence-electron chi connectivity index (χ3n) is 7.98. The van der Waals surface area contributed by atoms with Gasteiger partial charge in [-0.3, -0.25) is 9.59 Å². The summed E-state index contributed by atoms with van der Waals surface area (Å²) >= 11 is 7.34. The number of carbonyl (C=O) groups is 2. The van der Waals surface area contributed by atoms with E-state index in [4.69, 9.17) is 16.9 Å². The van der Waals surface area contributed by atoms with E-state index in [0.717, 1.165) is 28.2 Å². The van der Waals surface area contributed by atoms with Crippen LogP contribution >= 0.6 is 22.9 Å². The Morgan fingerprint density at radius 3 is 2.29 bits per heavy atom. The zero-order chi connectivity index (χ0) is 31.3. The van der Waals surface area contributed by atoms with Crippen LogP contribution in [-0.4, -0.2) is 52.4 Å². The van der Waals surface area contributed by atoms with E-state index in [9.17, 15) is 9.59 Å². The highest BCUT2D eigenvalue weighted by molar-refractivity contribution is 7.17. The summed E-state index contributed by atoms with van der Waals surface area (Å²) in [5.41, 5.74) is 6.05. The molecule has 0 saturated carbocycles. The van der Waals surface area contributed by atoms with Crippen LogP contribution in [0.3, 0.4) is 0 Å². The molecule has 2 amide bonds. The number of hydrogen-bond acceptors (Lipinski definition) is 6. The summed E-state index contributed by atoms with van der Waals surface area (Å²) < 4.78 is 2.64. The molecular weight excluding hydrogens is 604 g/mol. The highest BCUT2D eigenvalue weighted by Crippen LogP contribution is 2.27. The quantitative estimate of drug-likeness (QED) is 0.191. The summed E-state index contributed by atoms with van der Waals surface area (Å²) in [5, 5.41) is 9.14. The van der Waals surface area contributed by atoms with Crippen LogP contribution in [0.25, 0.3) is 0 Å². The lowest BCUT2D eigenvalue weighted by Gasteiger charge is -2.36. The first-order valence-corrected chi connectivity index (χ1v) is 15.8. The molecule has 1 aliphatic heterocycles. The van der Waals surface area contributed by atoms with Gasteiger partial charge in [-0.1, -0.05) is 41.4 Å². The number of nitriles is 1. The zero-order valence-corrected chi connectivity index (χ0v) is 26.3. The average Bonchev–Trinajstić information content (AvgIpc) is 3.72. The van der Waals surface area contributed by atoms with E-state index in [0.29, 0.717) is 59.6 Å². The van der Waals surface area contributed by atoms with Crippen LogP contribution in [0.2, 0.25) is 4.34 Å². The molecule has 0 atom stereocenters. The molecule has 0 unspecified atom stereocenters. The fraction of sp³-hybridized carbons (Fsp3) is 0.200. The number of nitrogens with zero attached hydrogens (tertiary/aromatic N) is 6. The Kier molecular flexibility index (Phi) is 8.96. The number of anilines is 2. The molecule has 226 valence electrons. The summed E-state index contributed by atoms with van der Waals surface area (Å²) in [6.07, 6.45) is 3.56. The highest BCUT2D eigenvalue weighted by atomic mass is 35.5. The fourth-order valence-corrected chi connectivity index (χ4v) is 6.41. The number of aryl methyl sites for hydroxylation is 1. The zero-order valence-electron chi connectivity index (χ0n) is 24.8. The number of amides is 2. The Labute approximate surface area is 271 Å². The molecule has 1 fully saturated rings. The van der Waals surface area contributed by atoms with Gasteiger partial charge in [0.25, 0.3) is 11.8 Å². The number of rotatable bonds is 8. The second-order valence-corrected chi connectivity index (χ2v) is 12.7. The Balaban J connectivity index is 1.20. The first-order chi connectivity index (χ1) is 21.9. The maximum Gasteiger partial charge on any atom is 0.264 e. The molecule has 6 rings (SSSR count). The Bertz CT molecular complexity index is 1830. The first-order valence-electron chi connectivity index (χ1n) is 14.6. The van der Waals surface area contributed by atoms with Crippen LogP contribution in [0.4, 0.5) is 11.4 Å². The van der Waals surface area contributed by atoms with E-state index < -0.39 is 0 Å². The smallest absolute Gasteiger partial charge is 0.264 e. The standard InChI is InChI=1S/C35H31ClN6O2S/c1-25-2-8-28(9-3-25)34(43)42(23-31-21-38-24-41(31)22-27-6-4-26(20-37)5-7-27)30-12-10-29(11-13-30)39-16-18-40(19-17-39)35(44)32-14-15-33(36)45-32/h2-15,21,24H,16-19,22-23H2,1H3. The van der Waals surface area contributed by atoms with E-state index in [1.165, 1.54) is 11.3 Å². The summed E-state index contributed by atoms with van der Waals surface area (Å²) in [5.74, 6) is -0.0831. The molecule has 0 aliphatic carbocycles. The molecule has 0 spiro atoms. The number of carbonyl (C=O) groups excluding carboxylic acids is 2. The summed E-state index contributed by atoms with van der Waals surface area (Å²) in [6.45, 7) is 5.57. The van der Waals surface area contributed by atoms with Crippen LogP contribution in [0.15, 0.2) is 97.5 Å². The maximum absolute atomic E-state index is 13.9. The van der Waals surface area contributed by atoms with Gasteiger partial charge in [0.15, 0.2) is 0 Å². The molecule has 3 aromatic carbocycles. The largest absolute Gasteiger partial charge is 0.368 e. The fourth-order valence-electron chi connectivity index (χ4n) is 5.39. The number of benzene rings is 3. The second kappa shape index (κ2) is 13.4. The van der Waals surface area contributed by atoms with Gasteiger partial charge in [0.1, 0.15) is 0 Å². The molecule has 45 heavy (non-hydrogen) atoms. The summed E-state index contributed by atoms with van der Waals surface area (Å²) in [6, 6.07) is 28.8. The van der Waals surface area contributed by atoms with Gasteiger partial charge >= 0.3 is 0 Å². The monoisotopic (exact) mass is 634 g/mol. The van der Waals surface area contributed by atoms with Gasteiger partial charge in [0.2, 0.25) is 0 Å². The van der Waals surface area contributed by atoms with Gasteiger partial charge < -0.3 is 19.3 Å². The number of thiophene rings is 1. The van der Waals surface area contributed by atoms with E-state index in [1.54, 1.807) is 41.7 Å². The predicted octanol–water partition coefficient (Wildman–Crippen LogP) is 6.64. The van der Waals surface area contributed by atoms with Crippen molar-refractivity contribution >= 4 is 46.1 Å². The Morgan fingerprint density at radius 2 is 1.64 bits per heavy atom. The lowest BCUT2D eigenvalue weighted by atomic mass is 10.1. The SMILES string of the molecule is Cc1ccc(C(=O)N(Cc2cncn2Cc2ccc(C#N)cc2)c2ccc(N3CCN(C(=O)c4ccc(Cl)s4)CC3)cc2)cc1. The van der Waals surface area contributed by atoms with Crippen molar-refractivity contribution in [2.45, 2.75) is 20.0 Å². The first kappa shape index (κ1) is 30.1. The average molecular weight is 635 g/mol. The molecule has 10 heteroatoms. The molecule has 0 radical (unpaired) electrons. The van der Waals surface area contributed by atoms with Crippen LogP contribution in [-0.2, 0) is 13.1 Å². The van der Waals surface area contributed by atoms with Crippen LogP contribution in [0, 0.1) is 18.3 Å². The lowest BCUT2D eigenvalue weighted by molar-refractivity contribution is 0.0751. The van der Waals surface area contributed by atoms with Gasteiger partial charge in [0.05, 0.1) is 39.4 Å². The maximum atomic E-state index is 13.9. The van der Waals surface area contributed by atoms with Crippen LogP contribution in [0.5, 0.6) is 0 Å². The van der Waals surface area contributed by atoms with Crippen LogP contribution in [0.1, 0.15) is 42.4 Å². The van der Waals surface area contributed by atoms with Crippen molar-refractivity contribution in [3.8, 4) is 6.07 Å². The minimum atomic E-state index is -0.102. The van der Waals surface area contributed by atoms with E-state index >= 15 is 0 Å². The van der Waals surface area contributed by atoms with Crippen molar-refractivity contribution in [2.24, 2.45) is 0 Å². The van der Waals surface area contributed by atoms with Gasteiger partial charge in [-0.05, 0) is 73.2 Å². The van der Waals surface area contributed by atoms with Crippen molar-refractivity contribution in [1.82, 2.24) is 14.5 Å². The number of hydrogen-bond donors (Lipinski definition) is 0. The van der Waals surface area contributed by atoms with Crippen molar-refractivity contribution in [3.05, 3.63) is 135 Å². The molecular formula is C35H31ClN6O2S. The summed E-state index contributed by atoms with van der Waals surface area (Å²) in [4.78, 5) is 37.8. The minimum absolute atomic E-state index is 0.0191. The van der Waals surface area contributed by atoms with Crippen LogP contribution < -0.4 is 9.80 Å². The topological polar surface area (TPSA) is 85.5 Å².